The van der Waals surface area contributed by atoms with Crippen LogP contribution in [0.3, 0.4) is 0 Å². The molecule has 1 atom stereocenters. The van der Waals surface area contributed by atoms with Crippen molar-refractivity contribution in [1.29, 1.82) is 0 Å². The average molecular weight is 462 g/mol. The lowest BCUT2D eigenvalue weighted by molar-refractivity contribution is -0.140. The number of hydrogen-bond donors (Lipinski definition) is 2. The van der Waals surface area contributed by atoms with Crippen molar-refractivity contribution in [3.05, 3.63) is 69.2 Å². The minimum Gasteiger partial charge on any atom is -0.367 e. The maximum atomic E-state index is 12.9. The number of oxime groups is 1. The van der Waals surface area contributed by atoms with Crippen molar-refractivity contribution in [2.45, 2.75) is 18.4 Å². The normalized spacial score (nSPS) is 21.2. The van der Waals surface area contributed by atoms with Gasteiger partial charge in [-0.25, -0.2) is 4.79 Å². The summed E-state index contributed by atoms with van der Waals surface area (Å²) in [7, 11) is 0. The second-order valence-electron chi connectivity index (χ2n) is 7.41. The van der Waals surface area contributed by atoms with Crippen LogP contribution in [0.15, 0.2) is 47.6 Å². The Morgan fingerprint density at radius 1 is 1.16 bits per heavy atom. The van der Waals surface area contributed by atoms with Crippen LogP contribution in [0, 0.1) is 0 Å². The molecule has 2 aromatic carbocycles. The van der Waals surface area contributed by atoms with Crippen molar-refractivity contribution in [3.8, 4) is 0 Å². The van der Waals surface area contributed by atoms with Gasteiger partial charge in [-0.05, 0) is 42.8 Å². The van der Waals surface area contributed by atoms with E-state index in [1.165, 1.54) is 0 Å². The van der Waals surface area contributed by atoms with Gasteiger partial charge in [0.15, 0.2) is 0 Å². The Morgan fingerprint density at radius 3 is 2.81 bits per heavy atom. The van der Waals surface area contributed by atoms with Crippen LogP contribution in [0.4, 0.5) is 0 Å². The van der Waals surface area contributed by atoms with Gasteiger partial charge in [0, 0.05) is 17.7 Å². The fourth-order valence-electron chi connectivity index (χ4n) is 3.68. The number of halogens is 2. The number of nitrogens with one attached hydrogen (secondary N) is 2. The molecule has 162 valence electrons. The molecule has 0 bridgehead atoms. The zero-order valence-electron chi connectivity index (χ0n) is 16.6. The molecule has 2 heterocycles. The van der Waals surface area contributed by atoms with Gasteiger partial charge in [-0.2, -0.15) is 0 Å². The highest BCUT2D eigenvalue weighted by Gasteiger charge is 2.35. The van der Waals surface area contributed by atoms with E-state index in [-0.39, 0.29) is 18.9 Å². The highest BCUT2D eigenvalue weighted by atomic mass is 35.5. The zero-order chi connectivity index (χ0) is 21.8. The Labute approximate surface area is 189 Å². The van der Waals surface area contributed by atoms with Crippen LogP contribution in [-0.2, 0) is 20.0 Å². The summed E-state index contributed by atoms with van der Waals surface area (Å²) in [5.74, 6) is -0.666. The first-order chi connectivity index (χ1) is 15.0. The molecule has 1 saturated heterocycles. The van der Waals surface area contributed by atoms with Gasteiger partial charge in [0.1, 0.15) is 5.60 Å². The topological polar surface area (TPSA) is 89.0 Å². The smallest absolute Gasteiger partial charge is 0.341 e. The Hall–Kier alpha value is -2.45. The Balaban J connectivity index is 1.54. The number of amides is 1. The molecule has 31 heavy (non-hydrogen) atoms. The van der Waals surface area contributed by atoms with E-state index in [0.29, 0.717) is 39.9 Å². The van der Waals surface area contributed by atoms with Gasteiger partial charge in [-0.3, -0.25) is 4.79 Å². The minimum absolute atomic E-state index is 0.0896. The summed E-state index contributed by atoms with van der Waals surface area (Å²) in [6, 6.07) is 12.3. The van der Waals surface area contributed by atoms with Crippen LogP contribution >= 0.6 is 23.2 Å². The number of carbonyl (C=O) groups is 2. The van der Waals surface area contributed by atoms with Gasteiger partial charge in [-0.1, -0.05) is 46.6 Å². The van der Waals surface area contributed by atoms with Crippen molar-refractivity contribution in [2.24, 2.45) is 5.16 Å². The minimum atomic E-state index is -0.735. The summed E-state index contributed by atoms with van der Waals surface area (Å²) < 4.78 is 6.22. The maximum Gasteiger partial charge on any atom is 0.341 e. The van der Waals surface area contributed by atoms with E-state index in [4.69, 9.17) is 27.9 Å². The predicted molar refractivity (Wildman–Crippen MR) is 118 cm³/mol. The summed E-state index contributed by atoms with van der Waals surface area (Å²) in [6.07, 6.45) is 0.744. The second-order valence-corrected chi connectivity index (χ2v) is 8.23. The molecular weight excluding hydrogens is 441 g/mol. The number of ether oxygens (including phenoxy) is 1. The molecule has 2 aliphatic rings. The van der Waals surface area contributed by atoms with Crippen LogP contribution in [0.1, 0.15) is 34.3 Å². The lowest BCUT2D eigenvalue weighted by atomic mass is 9.89. The van der Waals surface area contributed by atoms with Crippen molar-refractivity contribution in [1.82, 2.24) is 10.6 Å². The number of carbonyl (C=O) groups excluding carboxylic acids is 2. The second kappa shape index (κ2) is 9.36. The molecular formula is C22H21Cl2N3O4. The van der Waals surface area contributed by atoms with E-state index in [2.05, 4.69) is 20.6 Å². The van der Waals surface area contributed by atoms with Gasteiger partial charge >= 0.3 is 5.97 Å². The molecule has 0 saturated carbocycles. The SMILES string of the molecule is O=C1CC(c2cccc(C(=O)NC[C@@]3(c4ccc(Cl)c(Cl)c4)CCNCCO3)c2)=NO1. The van der Waals surface area contributed by atoms with Crippen LogP contribution in [0.5, 0.6) is 0 Å². The molecule has 1 amide bonds. The fourth-order valence-corrected chi connectivity index (χ4v) is 3.98. The van der Waals surface area contributed by atoms with Gasteiger partial charge in [0.2, 0.25) is 0 Å². The van der Waals surface area contributed by atoms with E-state index in [1.807, 2.05) is 6.07 Å². The number of hydrogen-bond acceptors (Lipinski definition) is 6. The van der Waals surface area contributed by atoms with E-state index in [1.54, 1.807) is 36.4 Å². The molecule has 0 spiro atoms. The van der Waals surface area contributed by atoms with E-state index < -0.39 is 11.6 Å². The van der Waals surface area contributed by atoms with Crippen LogP contribution < -0.4 is 10.6 Å². The van der Waals surface area contributed by atoms with Crippen molar-refractivity contribution < 1.29 is 19.2 Å². The van der Waals surface area contributed by atoms with Gasteiger partial charge in [-0.15, -0.1) is 0 Å². The fraction of sp³-hybridized carbons (Fsp3) is 0.318. The molecule has 1 fully saturated rings. The summed E-state index contributed by atoms with van der Waals surface area (Å²) in [4.78, 5) is 28.9. The first-order valence-electron chi connectivity index (χ1n) is 9.92. The molecule has 0 radical (unpaired) electrons. The zero-order valence-corrected chi connectivity index (χ0v) is 18.1. The summed E-state index contributed by atoms with van der Waals surface area (Å²) in [5.41, 5.74) is 1.75. The lowest BCUT2D eigenvalue weighted by Gasteiger charge is -2.33. The molecule has 0 unspecified atom stereocenters. The van der Waals surface area contributed by atoms with Gasteiger partial charge in [0.05, 0.1) is 35.3 Å². The molecule has 0 aliphatic carbocycles. The average Bonchev–Trinajstić information content (AvgIpc) is 3.07. The van der Waals surface area contributed by atoms with Crippen LogP contribution in [0.2, 0.25) is 10.0 Å². The molecule has 0 aromatic heterocycles. The summed E-state index contributed by atoms with van der Waals surface area (Å²) >= 11 is 12.3. The third-order valence-electron chi connectivity index (χ3n) is 5.37. The molecule has 7 nitrogen and oxygen atoms in total. The quantitative estimate of drug-likeness (QED) is 0.666. The largest absolute Gasteiger partial charge is 0.367 e. The van der Waals surface area contributed by atoms with Gasteiger partial charge in [0.25, 0.3) is 5.91 Å². The molecule has 9 heteroatoms. The summed E-state index contributed by atoms with van der Waals surface area (Å²) in [6.45, 7) is 2.22. The number of rotatable bonds is 5. The van der Waals surface area contributed by atoms with E-state index in [0.717, 1.165) is 18.7 Å². The lowest BCUT2D eigenvalue weighted by Crippen LogP contribution is -2.43. The van der Waals surface area contributed by atoms with Crippen molar-refractivity contribution >= 4 is 40.8 Å². The Morgan fingerprint density at radius 2 is 2.03 bits per heavy atom. The van der Waals surface area contributed by atoms with E-state index >= 15 is 0 Å². The van der Waals surface area contributed by atoms with E-state index in [9.17, 15) is 9.59 Å². The Kier molecular flexibility index (Phi) is 6.57. The van der Waals surface area contributed by atoms with Crippen LogP contribution in [-0.4, -0.2) is 43.8 Å². The number of benzene rings is 2. The van der Waals surface area contributed by atoms with Crippen molar-refractivity contribution in [2.75, 3.05) is 26.2 Å². The van der Waals surface area contributed by atoms with Crippen LogP contribution in [0.25, 0.3) is 0 Å². The van der Waals surface area contributed by atoms with Crippen molar-refractivity contribution in [3.63, 3.8) is 0 Å². The van der Waals surface area contributed by atoms with Gasteiger partial charge < -0.3 is 20.2 Å². The molecule has 4 rings (SSSR count). The summed E-state index contributed by atoms with van der Waals surface area (Å²) in [5, 5.41) is 11.0. The highest BCUT2D eigenvalue weighted by molar-refractivity contribution is 6.42. The predicted octanol–water partition coefficient (Wildman–Crippen LogP) is 3.28. The maximum absolute atomic E-state index is 12.9. The third kappa shape index (κ3) is 4.91. The molecule has 2 aliphatic heterocycles. The number of nitrogens with zero attached hydrogens (tertiary/aromatic N) is 1. The molecule has 2 N–H and O–H groups in total. The molecule has 2 aromatic rings. The first-order valence-corrected chi connectivity index (χ1v) is 10.7. The third-order valence-corrected chi connectivity index (χ3v) is 6.11. The standard InChI is InChI=1S/C22H21Cl2N3O4/c23-17-5-4-16(11-18(17)24)22(6-7-25-8-9-30-22)13-26-21(29)15-3-1-2-14(10-15)19-12-20(28)31-27-19/h1-5,10-11,25H,6-9,12-13H2,(H,26,29)/t22-/m1/s1. The first kappa shape index (κ1) is 21.8. The Bertz CT molecular complexity index is 1030. The highest BCUT2D eigenvalue weighted by Crippen LogP contribution is 2.34. The monoisotopic (exact) mass is 461 g/mol.